The van der Waals surface area contributed by atoms with Gasteiger partial charge in [-0.05, 0) is 86.2 Å². The number of hydrogen-bond donors (Lipinski definition) is 1. The Labute approximate surface area is 244 Å². The molecule has 206 valence electrons. The van der Waals surface area contributed by atoms with Gasteiger partial charge in [-0.15, -0.1) is 0 Å². The van der Waals surface area contributed by atoms with Gasteiger partial charge in [-0.1, -0.05) is 55.5 Å². The summed E-state index contributed by atoms with van der Waals surface area (Å²) >= 11 is 0. The molecule has 4 heteroatoms. The van der Waals surface area contributed by atoms with Crippen molar-refractivity contribution in [3.63, 3.8) is 0 Å². The van der Waals surface area contributed by atoms with Crippen molar-refractivity contribution in [3.05, 3.63) is 125 Å². The van der Waals surface area contributed by atoms with E-state index in [1.165, 1.54) is 44.2 Å². The fraction of sp³-hybridized carbons (Fsp3) is 0.211. The first-order chi connectivity index (χ1) is 20.5. The first-order valence-electron chi connectivity index (χ1n) is 15.0. The molecule has 9 rings (SSSR count). The van der Waals surface area contributed by atoms with Crippen LogP contribution in [0.25, 0.3) is 44.6 Å². The molecule has 0 fully saturated rings. The highest BCUT2D eigenvalue weighted by molar-refractivity contribution is 6.09. The van der Waals surface area contributed by atoms with Crippen LogP contribution in [-0.4, -0.2) is 6.04 Å². The van der Waals surface area contributed by atoms with Gasteiger partial charge < -0.3 is 19.5 Å². The van der Waals surface area contributed by atoms with Crippen molar-refractivity contribution in [1.29, 1.82) is 0 Å². The Morgan fingerprint density at radius 3 is 2.74 bits per heavy atom. The molecular weight excluding hydrogens is 516 g/mol. The summed E-state index contributed by atoms with van der Waals surface area (Å²) in [4.78, 5) is 2.55. The molecule has 42 heavy (non-hydrogen) atoms. The average molecular weight is 549 g/mol. The molecule has 0 spiro atoms. The van der Waals surface area contributed by atoms with Crippen LogP contribution in [0.3, 0.4) is 0 Å². The highest BCUT2D eigenvalue weighted by Crippen LogP contribution is 2.57. The second-order valence-electron chi connectivity index (χ2n) is 12.5. The van der Waals surface area contributed by atoms with Crippen molar-refractivity contribution in [3.8, 4) is 0 Å². The molecule has 2 aromatic heterocycles. The summed E-state index contributed by atoms with van der Waals surface area (Å²) in [6.45, 7) is 4.63. The zero-order valence-electron chi connectivity index (χ0n) is 23.9. The highest BCUT2D eigenvalue weighted by atomic mass is 16.3. The monoisotopic (exact) mass is 548 g/mol. The minimum atomic E-state index is -0.200. The third-order valence-electron chi connectivity index (χ3n) is 9.93. The van der Waals surface area contributed by atoms with Crippen LogP contribution >= 0.6 is 0 Å². The number of benzene rings is 3. The lowest BCUT2D eigenvalue weighted by molar-refractivity contribution is 0.551. The predicted molar refractivity (Wildman–Crippen MR) is 172 cm³/mol. The Hall–Kier alpha value is -4.70. The number of fused-ring (bicyclic) bond motifs is 10. The fourth-order valence-electron chi connectivity index (χ4n) is 7.95. The molecule has 3 unspecified atom stereocenters. The van der Waals surface area contributed by atoms with Crippen molar-refractivity contribution in [2.24, 2.45) is 11.7 Å². The molecular formula is C38H32N2O2. The normalized spacial score (nSPS) is 24.5. The van der Waals surface area contributed by atoms with E-state index in [0.717, 1.165) is 53.0 Å². The Kier molecular flexibility index (Phi) is 4.80. The van der Waals surface area contributed by atoms with Crippen molar-refractivity contribution >= 4 is 50.2 Å². The zero-order chi connectivity index (χ0) is 28.2. The van der Waals surface area contributed by atoms with Crippen LogP contribution in [0.1, 0.15) is 49.1 Å². The van der Waals surface area contributed by atoms with Crippen LogP contribution in [0.15, 0.2) is 111 Å². The van der Waals surface area contributed by atoms with E-state index < -0.39 is 0 Å². The van der Waals surface area contributed by atoms with E-state index in [0.29, 0.717) is 5.92 Å². The minimum Gasteiger partial charge on any atom is -0.456 e. The predicted octanol–water partition coefficient (Wildman–Crippen LogP) is 9.16. The average Bonchev–Trinajstić information content (AvgIpc) is 3.63. The summed E-state index contributed by atoms with van der Waals surface area (Å²) in [5, 5.41) is 3.54. The fourth-order valence-corrected chi connectivity index (χ4v) is 7.95. The number of nitrogens with zero attached hydrogens (tertiary/aromatic N) is 1. The quantitative estimate of drug-likeness (QED) is 0.239. The number of anilines is 1. The highest BCUT2D eigenvalue weighted by Gasteiger charge is 2.49. The maximum Gasteiger partial charge on any atom is 0.141 e. The van der Waals surface area contributed by atoms with E-state index in [2.05, 4.69) is 110 Å². The number of hydrogen-bond acceptors (Lipinski definition) is 4. The molecule has 3 aromatic carbocycles. The second-order valence-corrected chi connectivity index (χ2v) is 12.5. The Morgan fingerprint density at radius 2 is 1.81 bits per heavy atom. The first-order valence-corrected chi connectivity index (χ1v) is 15.0. The smallest absolute Gasteiger partial charge is 0.141 e. The van der Waals surface area contributed by atoms with Gasteiger partial charge in [0.15, 0.2) is 0 Å². The summed E-state index contributed by atoms with van der Waals surface area (Å²) in [6, 6.07) is 19.6. The minimum absolute atomic E-state index is 0.0501. The molecule has 0 bridgehead atoms. The zero-order valence-corrected chi connectivity index (χ0v) is 23.9. The van der Waals surface area contributed by atoms with E-state index in [-0.39, 0.29) is 11.5 Å². The van der Waals surface area contributed by atoms with Gasteiger partial charge >= 0.3 is 0 Å². The van der Waals surface area contributed by atoms with Gasteiger partial charge in [0.25, 0.3) is 0 Å². The van der Waals surface area contributed by atoms with Gasteiger partial charge in [0, 0.05) is 55.4 Å². The van der Waals surface area contributed by atoms with Crippen molar-refractivity contribution in [2.75, 3.05) is 4.90 Å². The topological polar surface area (TPSA) is 55.5 Å². The van der Waals surface area contributed by atoms with E-state index in [9.17, 15) is 0 Å². The van der Waals surface area contributed by atoms with Crippen molar-refractivity contribution < 1.29 is 8.83 Å². The van der Waals surface area contributed by atoms with E-state index in [1.54, 1.807) is 0 Å². The van der Waals surface area contributed by atoms with E-state index in [1.807, 2.05) is 6.07 Å². The molecule has 2 N–H and O–H groups in total. The van der Waals surface area contributed by atoms with Gasteiger partial charge in [-0.2, -0.15) is 0 Å². The van der Waals surface area contributed by atoms with Crippen LogP contribution in [0, 0.1) is 5.92 Å². The molecule has 3 heterocycles. The summed E-state index contributed by atoms with van der Waals surface area (Å²) in [5.74, 6) is 1.48. The SMILES string of the molecule is CC1C=Cc2oc3ccc(C4=C(N)C=CCC4N4C5=CC=CCC5(C)c5c4ccc4c5oc5ccccc54)cc3c2C1. The molecule has 3 atom stereocenters. The van der Waals surface area contributed by atoms with Crippen LogP contribution in [0.5, 0.6) is 0 Å². The number of nitrogens with two attached hydrogens (primary N) is 1. The summed E-state index contributed by atoms with van der Waals surface area (Å²) in [7, 11) is 0. The molecule has 1 aliphatic heterocycles. The molecule has 4 aliphatic rings. The molecule has 3 aliphatic carbocycles. The molecule has 4 nitrogen and oxygen atoms in total. The van der Waals surface area contributed by atoms with Gasteiger partial charge in [-0.3, -0.25) is 0 Å². The van der Waals surface area contributed by atoms with Gasteiger partial charge in [0.2, 0.25) is 0 Å². The van der Waals surface area contributed by atoms with Crippen LogP contribution in [0.2, 0.25) is 0 Å². The third kappa shape index (κ3) is 3.12. The number of para-hydroxylation sites is 1. The van der Waals surface area contributed by atoms with Crippen LogP contribution < -0.4 is 10.6 Å². The largest absolute Gasteiger partial charge is 0.456 e. The Morgan fingerprint density at radius 1 is 0.929 bits per heavy atom. The van der Waals surface area contributed by atoms with Gasteiger partial charge in [0.05, 0.1) is 6.04 Å². The van der Waals surface area contributed by atoms with Gasteiger partial charge in [-0.25, -0.2) is 0 Å². The Balaban J connectivity index is 1.25. The van der Waals surface area contributed by atoms with Crippen LogP contribution in [0.4, 0.5) is 5.69 Å². The molecule has 0 amide bonds. The number of furan rings is 2. The molecule has 0 radical (unpaired) electrons. The number of allylic oxidation sites excluding steroid dienone is 6. The second kappa shape index (κ2) is 8.42. The summed E-state index contributed by atoms with van der Waals surface area (Å²) in [5.41, 5.74) is 17.8. The molecule has 0 saturated carbocycles. The molecule has 5 aromatic rings. The van der Waals surface area contributed by atoms with Gasteiger partial charge in [0.1, 0.15) is 22.5 Å². The van der Waals surface area contributed by atoms with Crippen molar-refractivity contribution in [2.45, 2.75) is 44.6 Å². The lowest BCUT2D eigenvalue weighted by Gasteiger charge is -2.38. The lowest BCUT2D eigenvalue weighted by atomic mass is 9.76. The third-order valence-corrected chi connectivity index (χ3v) is 9.93. The maximum atomic E-state index is 6.89. The lowest BCUT2D eigenvalue weighted by Crippen LogP contribution is -2.39. The van der Waals surface area contributed by atoms with E-state index in [4.69, 9.17) is 14.6 Å². The summed E-state index contributed by atoms with van der Waals surface area (Å²) < 4.78 is 12.9. The standard InChI is InChI=1S/C38H32N2O2/c1-22-13-17-32-26(20-22)27-21-23(14-18-33(27)41-32)35-28(39)9-7-10-29(35)40-30-16-15-25-24-8-3-4-11-31(24)42-37(25)36(30)38(2)19-6-5-12-34(38)40/h3-9,11-18,21-22,29H,10,19-20,39H2,1-2H3. The van der Waals surface area contributed by atoms with Crippen LogP contribution in [-0.2, 0) is 11.8 Å². The maximum absolute atomic E-state index is 6.89. The number of rotatable bonds is 2. The first kappa shape index (κ1) is 24.0. The summed E-state index contributed by atoms with van der Waals surface area (Å²) in [6.07, 6.45) is 18.2. The van der Waals surface area contributed by atoms with Crippen molar-refractivity contribution in [1.82, 2.24) is 0 Å². The Bertz CT molecular complexity index is 2130. The molecule has 0 saturated heterocycles. The van der Waals surface area contributed by atoms with E-state index >= 15 is 0 Å².